The molecule has 0 saturated carbocycles. The molecule has 0 spiro atoms. The lowest BCUT2D eigenvalue weighted by atomic mass is 10.1. The minimum absolute atomic E-state index is 0.596. The number of aryl methyl sites for hydroxylation is 2. The number of hydrogen-bond acceptors (Lipinski definition) is 3. The Bertz CT molecular complexity index is 713. The van der Waals surface area contributed by atoms with Crippen LogP contribution in [0.5, 0.6) is 0 Å². The van der Waals surface area contributed by atoms with Gasteiger partial charge in [-0.3, -0.25) is 0 Å². The van der Waals surface area contributed by atoms with E-state index < -0.39 is 0 Å². The van der Waals surface area contributed by atoms with Crippen molar-refractivity contribution >= 4 is 16.8 Å². The second-order valence-corrected chi connectivity index (χ2v) is 4.98. The molecule has 2 aromatic carbocycles. The molecule has 1 N–H and O–H groups in total. The van der Waals surface area contributed by atoms with Gasteiger partial charge in [-0.1, -0.05) is 30.7 Å². The van der Waals surface area contributed by atoms with Gasteiger partial charge >= 0.3 is 0 Å². The number of benzene rings is 2. The van der Waals surface area contributed by atoms with E-state index in [0.717, 1.165) is 23.2 Å². The lowest BCUT2D eigenvalue weighted by Crippen LogP contribution is -1.99. The largest absolute Gasteiger partial charge is 0.439 e. The number of hydrogen-bond donors (Lipinski definition) is 1. The first-order valence-corrected chi connectivity index (χ1v) is 6.93. The average molecular weight is 266 g/mol. The molecule has 3 heteroatoms. The van der Waals surface area contributed by atoms with Crippen molar-refractivity contribution in [2.75, 3.05) is 5.32 Å². The molecule has 0 radical (unpaired) electrons. The van der Waals surface area contributed by atoms with E-state index in [-0.39, 0.29) is 0 Å². The maximum Gasteiger partial charge on any atom is 0.214 e. The summed E-state index contributed by atoms with van der Waals surface area (Å²) in [7, 11) is 0. The molecule has 0 atom stereocenters. The first-order valence-electron chi connectivity index (χ1n) is 6.93. The number of aromatic nitrogens is 1. The highest BCUT2D eigenvalue weighted by Crippen LogP contribution is 2.18. The van der Waals surface area contributed by atoms with E-state index in [1.54, 1.807) is 0 Å². The van der Waals surface area contributed by atoms with Gasteiger partial charge in [0.15, 0.2) is 5.58 Å². The summed E-state index contributed by atoms with van der Waals surface area (Å²) in [5.41, 5.74) is 5.40. The van der Waals surface area contributed by atoms with Gasteiger partial charge in [0.05, 0.1) is 6.54 Å². The van der Waals surface area contributed by atoms with Crippen molar-refractivity contribution in [1.82, 2.24) is 4.98 Å². The van der Waals surface area contributed by atoms with Gasteiger partial charge in [-0.25, -0.2) is 4.98 Å². The Morgan fingerprint density at radius 2 is 1.90 bits per heavy atom. The van der Waals surface area contributed by atoms with Crippen LogP contribution in [0.25, 0.3) is 11.1 Å². The minimum Gasteiger partial charge on any atom is -0.439 e. The zero-order valence-corrected chi connectivity index (χ0v) is 11.8. The molecule has 102 valence electrons. The Balaban J connectivity index is 1.75. The third-order valence-electron chi connectivity index (χ3n) is 3.40. The fourth-order valence-electron chi connectivity index (χ4n) is 2.17. The standard InChI is InChI=1S/C17H18N2O/c1-3-13-6-9-16-15(10-13)19-17(20-16)11-18-14-7-4-12(2)5-8-14/h4-10,18H,3,11H2,1-2H3. The highest BCUT2D eigenvalue weighted by Gasteiger charge is 2.06. The minimum atomic E-state index is 0.596. The van der Waals surface area contributed by atoms with Crippen molar-refractivity contribution in [3.63, 3.8) is 0 Å². The fourth-order valence-corrected chi connectivity index (χ4v) is 2.17. The van der Waals surface area contributed by atoms with Gasteiger partial charge in [-0.15, -0.1) is 0 Å². The molecule has 0 amide bonds. The fraction of sp³-hybridized carbons (Fsp3) is 0.235. The van der Waals surface area contributed by atoms with Crippen molar-refractivity contribution in [3.8, 4) is 0 Å². The van der Waals surface area contributed by atoms with Crippen molar-refractivity contribution in [3.05, 3.63) is 59.5 Å². The molecule has 0 bridgehead atoms. The lowest BCUT2D eigenvalue weighted by molar-refractivity contribution is 0.540. The van der Waals surface area contributed by atoms with Crippen LogP contribution in [0.2, 0.25) is 0 Å². The molecule has 3 nitrogen and oxygen atoms in total. The highest BCUT2D eigenvalue weighted by atomic mass is 16.3. The smallest absolute Gasteiger partial charge is 0.214 e. The topological polar surface area (TPSA) is 38.1 Å². The molecule has 0 unspecified atom stereocenters. The Morgan fingerprint density at radius 1 is 1.10 bits per heavy atom. The van der Waals surface area contributed by atoms with Crippen LogP contribution in [0.3, 0.4) is 0 Å². The summed E-state index contributed by atoms with van der Waals surface area (Å²) in [6.07, 6.45) is 1.01. The van der Waals surface area contributed by atoms with Crippen LogP contribution in [-0.4, -0.2) is 4.98 Å². The quantitative estimate of drug-likeness (QED) is 0.764. The molecular formula is C17H18N2O. The number of rotatable bonds is 4. The number of fused-ring (bicyclic) bond motifs is 1. The van der Waals surface area contributed by atoms with Crippen molar-refractivity contribution in [1.29, 1.82) is 0 Å². The predicted octanol–water partition coefficient (Wildman–Crippen LogP) is 4.31. The van der Waals surface area contributed by atoms with Gasteiger partial charge < -0.3 is 9.73 Å². The SMILES string of the molecule is CCc1ccc2oc(CNc3ccc(C)cc3)nc2c1. The Hall–Kier alpha value is -2.29. The van der Waals surface area contributed by atoms with Crippen molar-refractivity contribution < 1.29 is 4.42 Å². The van der Waals surface area contributed by atoms with Crippen LogP contribution < -0.4 is 5.32 Å². The van der Waals surface area contributed by atoms with E-state index in [1.165, 1.54) is 11.1 Å². The number of anilines is 1. The number of oxazole rings is 1. The van der Waals surface area contributed by atoms with Gasteiger partial charge in [0.25, 0.3) is 0 Å². The average Bonchev–Trinajstić information content (AvgIpc) is 2.88. The van der Waals surface area contributed by atoms with Crippen LogP contribution in [-0.2, 0) is 13.0 Å². The lowest BCUT2D eigenvalue weighted by Gasteiger charge is -2.03. The Morgan fingerprint density at radius 3 is 2.65 bits per heavy atom. The molecule has 0 aliphatic carbocycles. The van der Waals surface area contributed by atoms with Crippen molar-refractivity contribution in [2.24, 2.45) is 0 Å². The normalized spacial score (nSPS) is 10.9. The summed E-state index contributed by atoms with van der Waals surface area (Å²) in [5, 5.41) is 3.32. The van der Waals surface area contributed by atoms with Gasteiger partial charge in [0, 0.05) is 5.69 Å². The molecule has 0 aliphatic rings. The van der Waals surface area contributed by atoms with E-state index in [2.05, 4.69) is 60.5 Å². The van der Waals surface area contributed by atoms with Crippen LogP contribution in [0.1, 0.15) is 23.9 Å². The van der Waals surface area contributed by atoms with Gasteiger partial charge in [0.2, 0.25) is 5.89 Å². The Labute approximate surface area is 118 Å². The van der Waals surface area contributed by atoms with Gasteiger partial charge in [-0.2, -0.15) is 0 Å². The second kappa shape index (κ2) is 5.37. The van der Waals surface area contributed by atoms with E-state index in [9.17, 15) is 0 Å². The summed E-state index contributed by atoms with van der Waals surface area (Å²) in [6, 6.07) is 14.5. The van der Waals surface area contributed by atoms with Crippen LogP contribution in [0.15, 0.2) is 46.9 Å². The van der Waals surface area contributed by atoms with E-state index >= 15 is 0 Å². The third kappa shape index (κ3) is 2.67. The number of nitrogens with one attached hydrogen (secondary N) is 1. The summed E-state index contributed by atoms with van der Waals surface area (Å²) in [6.45, 7) is 4.82. The highest BCUT2D eigenvalue weighted by molar-refractivity contribution is 5.73. The van der Waals surface area contributed by atoms with Crippen LogP contribution >= 0.6 is 0 Å². The first kappa shape index (κ1) is 12.7. The monoisotopic (exact) mass is 266 g/mol. The molecule has 0 saturated heterocycles. The molecule has 0 fully saturated rings. The molecule has 0 aliphatic heterocycles. The molecular weight excluding hydrogens is 248 g/mol. The maximum atomic E-state index is 5.74. The summed E-state index contributed by atoms with van der Waals surface area (Å²) < 4.78 is 5.74. The molecule has 20 heavy (non-hydrogen) atoms. The van der Waals surface area contributed by atoms with Gasteiger partial charge in [0.1, 0.15) is 5.52 Å². The zero-order valence-electron chi connectivity index (χ0n) is 11.8. The Kier molecular flexibility index (Phi) is 3.42. The van der Waals surface area contributed by atoms with Crippen molar-refractivity contribution in [2.45, 2.75) is 26.8 Å². The summed E-state index contributed by atoms with van der Waals surface area (Å²) >= 11 is 0. The van der Waals surface area contributed by atoms with E-state index in [4.69, 9.17) is 4.42 Å². The predicted molar refractivity (Wildman–Crippen MR) is 81.9 cm³/mol. The zero-order chi connectivity index (χ0) is 13.9. The summed E-state index contributed by atoms with van der Waals surface area (Å²) in [5.74, 6) is 0.717. The third-order valence-corrected chi connectivity index (χ3v) is 3.40. The number of nitrogens with zero attached hydrogens (tertiary/aromatic N) is 1. The van der Waals surface area contributed by atoms with E-state index in [0.29, 0.717) is 12.4 Å². The first-order chi connectivity index (χ1) is 9.74. The van der Waals surface area contributed by atoms with Gasteiger partial charge in [-0.05, 0) is 43.2 Å². The molecule has 3 rings (SSSR count). The van der Waals surface area contributed by atoms with Crippen LogP contribution in [0, 0.1) is 6.92 Å². The summed E-state index contributed by atoms with van der Waals surface area (Å²) in [4.78, 5) is 4.52. The molecule has 1 heterocycles. The molecule has 1 aromatic heterocycles. The second-order valence-electron chi connectivity index (χ2n) is 4.98. The maximum absolute atomic E-state index is 5.74. The molecule has 3 aromatic rings. The van der Waals surface area contributed by atoms with E-state index in [1.807, 2.05) is 6.07 Å². The van der Waals surface area contributed by atoms with Crippen LogP contribution in [0.4, 0.5) is 5.69 Å².